The van der Waals surface area contributed by atoms with Gasteiger partial charge in [0.2, 0.25) is 0 Å². The summed E-state index contributed by atoms with van der Waals surface area (Å²) in [6, 6.07) is 13.2. The van der Waals surface area contributed by atoms with Gasteiger partial charge in [-0.25, -0.2) is 9.78 Å². The van der Waals surface area contributed by atoms with Gasteiger partial charge in [0, 0.05) is 52.9 Å². The lowest BCUT2D eigenvalue weighted by Gasteiger charge is -2.34. The number of aromatic nitrogens is 3. The Morgan fingerprint density at radius 1 is 1.09 bits per heavy atom. The van der Waals surface area contributed by atoms with Crippen molar-refractivity contribution in [3.05, 3.63) is 79.3 Å². The van der Waals surface area contributed by atoms with Crippen molar-refractivity contribution in [2.75, 3.05) is 44.7 Å². The maximum Gasteiger partial charge on any atom is 0.339 e. The number of aromatic carboxylic acids is 1. The van der Waals surface area contributed by atoms with Crippen molar-refractivity contribution >= 4 is 55.7 Å². The lowest BCUT2D eigenvalue weighted by molar-refractivity contribution is 0.0698. The number of anilines is 1. The average molecular weight is 643 g/mol. The minimum absolute atomic E-state index is 0.139. The number of likely N-dealkylation sites (N-methyl/N-ethyl adjacent to an activating group) is 1. The summed E-state index contributed by atoms with van der Waals surface area (Å²) < 4.78 is 8.55. The Morgan fingerprint density at radius 2 is 1.84 bits per heavy atom. The molecule has 1 N–H and O–H groups in total. The molecule has 1 saturated heterocycles. The van der Waals surface area contributed by atoms with E-state index in [1.807, 2.05) is 25.1 Å². The minimum atomic E-state index is -1.02. The molecular weight excluding hydrogens is 612 g/mol. The van der Waals surface area contributed by atoms with Crippen LogP contribution in [-0.4, -0.2) is 70.3 Å². The van der Waals surface area contributed by atoms with Gasteiger partial charge in [0.15, 0.2) is 0 Å². The number of carbonyl (C=O) groups is 1. The monoisotopic (exact) mass is 642 g/mol. The molecule has 2 aromatic carbocycles. The molecule has 10 nitrogen and oxygen atoms in total. The number of nitrogens with zero attached hydrogens (tertiary/aromatic N) is 6. The molecule has 5 aromatic rings. The van der Waals surface area contributed by atoms with Gasteiger partial charge in [0.1, 0.15) is 24.3 Å². The van der Waals surface area contributed by atoms with Gasteiger partial charge in [-0.1, -0.05) is 11.6 Å². The van der Waals surface area contributed by atoms with E-state index in [2.05, 4.69) is 32.9 Å². The topological polar surface area (TPSA) is 125 Å². The number of hydrogen-bond donors (Lipinski definition) is 1. The van der Waals surface area contributed by atoms with Crippen LogP contribution in [-0.2, 0) is 6.54 Å². The van der Waals surface area contributed by atoms with Crippen LogP contribution >= 0.6 is 22.9 Å². The number of piperazine rings is 1. The molecule has 6 rings (SSSR count). The largest absolute Gasteiger partial charge is 0.491 e. The third-order valence-corrected chi connectivity index (χ3v) is 9.58. The lowest BCUT2D eigenvalue weighted by Crippen LogP contribution is -2.44. The first-order valence-electron chi connectivity index (χ1n) is 14.5. The molecule has 0 spiro atoms. The van der Waals surface area contributed by atoms with Gasteiger partial charge in [-0.05, 0) is 64.2 Å². The summed E-state index contributed by atoms with van der Waals surface area (Å²) in [5.41, 5.74) is 4.05. The zero-order valence-electron chi connectivity index (χ0n) is 25.3. The summed E-state index contributed by atoms with van der Waals surface area (Å²) in [5, 5.41) is 20.8. The molecule has 0 unspecified atom stereocenters. The van der Waals surface area contributed by atoms with E-state index in [0.717, 1.165) is 42.1 Å². The Morgan fingerprint density at radius 3 is 2.56 bits per heavy atom. The SMILES string of the molecule is Cc1cc(-c2cc(Cl)ccc2OCCn2c(C)nc3ccc(N4CCN(C)CC4)c(C#N)c3c2=O)c2sc(C)c(C(=O)O)c2n1. The molecule has 1 fully saturated rings. The number of benzene rings is 2. The smallest absolute Gasteiger partial charge is 0.339 e. The number of ether oxygens (including phenoxy) is 1. The Kier molecular flexibility index (Phi) is 8.22. The van der Waals surface area contributed by atoms with Crippen LogP contribution in [0, 0.1) is 32.1 Å². The van der Waals surface area contributed by atoms with Crippen LogP contribution in [0.2, 0.25) is 5.02 Å². The molecule has 0 amide bonds. The Hall–Kier alpha value is -4.50. The highest BCUT2D eigenvalue weighted by molar-refractivity contribution is 7.20. The third-order valence-electron chi connectivity index (χ3n) is 8.21. The van der Waals surface area contributed by atoms with Crippen molar-refractivity contribution in [3.8, 4) is 22.9 Å². The van der Waals surface area contributed by atoms with E-state index in [1.165, 1.54) is 11.3 Å². The molecule has 230 valence electrons. The highest BCUT2D eigenvalue weighted by atomic mass is 35.5. The zero-order chi connectivity index (χ0) is 32.0. The van der Waals surface area contributed by atoms with Crippen LogP contribution in [0.3, 0.4) is 0 Å². The first-order chi connectivity index (χ1) is 21.6. The van der Waals surface area contributed by atoms with Crippen molar-refractivity contribution in [2.45, 2.75) is 27.3 Å². The standard InChI is InChI=1S/C33H31ClN6O4S/c1-18-15-23(31-30(36-18)28(33(42)43)19(2)45-31)22-16-21(34)5-8-27(22)44-14-13-40-20(3)37-25-6-7-26(24(17-35)29(25)32(40)41)39-11-9-38(4)10-12-39/h5-8,15-16H,9-14H2,1-4H3,(H,42,43). The van der Waals surface area contributed by atoms with E-state index in [0.29, 0.717) is 54.7 Å². The number of nitriles is 1. The molecule has 0 saturated carbocycles. The predicted molar refractivity (Wildman–Crippen MR) is 177 cm³/mol. The molecule has 0 bridgehead atoms. The van der Waals surface area contributed by atoms with Crippen LogP contribution in [0.15, 0.2) is 41.2 Å². The predicted octanol–water partition coefficient (Wildman–Crippen LogP) is 5.65. The minimum Gasteiger partial charge on any atom is -0.491 e. The molecule has 3 aromatic heterocycles. The average Bonchev–Trinajstić information content (AvgIpc) is 3.34. The van der Waals surface area contributed by atoms with Crippen molar-refractivity contribution in [3.63, 3.8) is 0 Å². The van der Waals surface area contributed by atoms with Crippen LogP contribution in [0.25, 0.3) is 32.2 Å². The fourth-order valence-corrected chi connectivity index (χ4v) is 7.22. The first kappa shape index (κ1) is 30.5. The van der Waals surface area contributed by atoms with Crippen LogP contribution in [0.4, 0.5) is 5.69 Å². The van der Waals surface area contributed by atoms with E-state index in [4.69, 9.17) is 16.3 Å². The molecule has 12 heteroatoms. The molecule has 45 heavy (non-hydrogen) atoms. The quantitative estimate of drug-likeness (QED) is 0.240. The molecule has 0 radical (unpaired) electrons. The van der Waals surface area contributed by atoms with Gasteiger partial charge in [-0.2, -0.15) is 5.26 Å². The van der Waals surface area contributed by atoms with Crippen molar-refractivity contribution < 1.29 is 14.6 Å². The van der Waals surface area contributed by atoms with Crippen molar-refractivity contribution in [1.82, 2.24) is 19.4 Å². The van der Waals surface area contributed by atoms with E-state index < -0.39 is 5.97 Å². The highest BCUT2D eigenvalue weighted by Gasteiger charge is 2.23. The molecule has 1 aliphatic rings. The van der Waals surface area contributed by atoms with Crippen molar-refractivity contribution in [1.29, 1.82) is 5.26 Å². The van der Waals surface area contributed by atoms with E-state index in [-0.39, 0.29) is 24.3 Å². The summed E-state index contributed by atoms with van der Waals surface area (Å²) in [7, 11) is 2.07. The molecule has 0 atom stereocenters. The van der Waals surface area contributed by atoms with Crippen molar-refractivity contribution in [2.24, 2.45) is 0 Å². The van der Waals surface area contributed by atoms with Gasteiger partial charge in [-0.3, -0.25) is 14.3 Å². The van der Waals surface area contributed by atoms with Gasteiger partial charge < -0.3 is 19.6 Å². The Balaban J connectivity index is 1.34. The van der Waals surface area contributed by atoms with Crippen LogP contribution < -0.4 is 15.2 Å². The molecule has 4 heterocycles. The van der Waals surface area contributed by atoms with Gasteiger partial charge in [0.05, 0.1) is 44.5 Å². The zero-order valence-corrected chi connectivity index (χ0v) is 26.9. The maximum atomic E-state index is 13.9. The van der Waals surface area contributed by atoms with Crippen LogP contribution in [0.1, 0.15) is 32.3 Å². The second kappa shape index (κ2) is 12.1. The number of fused-ring (bicyclic) bond motifs is 2. The fourth-order valence-electron chi connectivity index (χ4n) is 5.94. The number of halogens is 1. The molecule has 0 aliphatic carbocycles. The van der Waals surface area contributed by atoms with Gasteiger partial charge in [0.25, 0.3) is 5.56 Å². The lowest BCUT2D eigenvalue weighted by atomic mass is 10.0. The number of carboxylic acid groups (broad SMARTS) is 1. The Labute approximate surface area is 268 Å². The molecule has 1 aliphatic heterocycles. The Bertz CT molecular complexity index is 2090. The van der Waals surface area contributed by atoms with E-state index in [9.17, 15) is 20.0 Å². The molecular formula is C33H31ClN6O4S. The summed E-state index contributed by atoms with van der Waals surface area (Å²) in [6.07, 6.45) is 0. The van der Waals surface area contributed by atoms with Gasteiger partial charge >= 0.3 is 5.97 Å². The van der Waals surface area contributed by atoms with Gasteiger partial charge in [-0.15, -0.1) is 11.3 Å². The number of rotatable bonds is 7. The third kappa shape index (κ3) is 5.61. The van der Waals surface area contributed by atoms with E-state index in [1.54, 1.807) is 36.6 Å². The fraction of sp³-hybridized carbons (Fsp3) is 0.303. The van der Waals surface area contributed by atoms with E-state index >= 15 is 0 Å². The summed E-state index contributed by atoms with van der Waals surface area (Å²) in [5.74, 6) is 0.0273. The highest BCUT2D eigenvalue weighted by Crippen LogP contribution is 2.42. The second-order valence-corrected chi connectivity index (χ2v) is 12.8. The second-order valence-electron chi connectivity index (χ2n) is 11.2. The maximum absolute atomic E-state index is 13.9. The number of pyridine rings is 1. The number of aryl methyl sites for hydroxylation is 3. The van der Waals surface area contributed by atoms with Crippen LogP contribution in [0.5, 0.6) is 5.75 Å². The summed E-state index contributed by atoms with van der Waals surface area (Å²) in [4.78, 5) is 40.1. The number of carboxylic acids is 1. The summed E-state index contributed by atoms with van der Waals surface area (Å²) >= 11 is 7.79. The summed E-state index contributed by atoms with van der Waals surface area (Å²) in [6.45, 7) is 8.99. The first-order valence-corrected chi connectivity index (χ1v) is 15.7. The normalized spacial score (nSPS) is 13.8. The number of hydrogen-bond acceptors (Lipinski definition) is 9. The number of thiophene rings is 1.